The summed E-state index contributed by atoms with van der Waals surface area (Å²) in [6, 6.07) is 8.81. The van der Waals surface area contributed by atoms with Crippen molar-refractivity contribution in [2.45, 2.75) is 32.9 Å². The van der Waals surface area contributed by atoms with Crippen molar-refractivity contribution in [1.29, 1.82) is 0 Å². The molecule has 1 aliphatic rings. The van der Waals surface area contributed by atoms with Gasteiger partial charge in [-0.15, -0.1) is 0 Å². The molecule has 0 aliphatic carbocycles. The smallest absolute Gasteiger partial charge is 0.243 e. The van der Waals surface area contributed by atoms with Gasteiger partial charge in [-0.3, -0.25) is 4.90 Å². The molecule has 1 aromatic carbocycles. The number of fused-ring (bicyclic) bond motifs is 1. The first kappa shape index (κ1) is 11.4. The predicted molar refractivity (Wildman–Crippen MR) is 68.0 cm³/mol. The quantitative estimate of drug-likeness (QED) is 0.812. The monoisotopic (exact) mass is 243 g/mol. The molecule has 2 heterocycles. The van der Waals surface area contributed by atoms with E-state index in [4.69, 9.17) is 4.52 Å². The van der Waals surface area contributed by atoms with Crippen molar-refractivity contribution >= 4 is 0 Å². The second kappa shape index (κ2) is 4.53. The van der Waals surface area contributed by atoms with E-state index in [0.717, 1.165) is 19.5 Å². The number of rotatable bonds is 2. The van der Waals surface area contributed by atoms with Crippen molar-refractivity contribution in [1.82, 2.24) is 15.0 Å². The van der Waals surface area contributed by atoms with Crippen molar-refractivity contribution in [3.05, 3.63) is 47.1 Å². The molecule has 0 saturated carbocycles. The number of aryl methyl sites for hydroxylation is 1. The fourth-order valence-electron chi connectivity index (χ4n) is 2.49. The molecule has 0 bridgehead atoms. The van der Waals surface area contributed by atoms with Gasteiger partial charge in [0.05, 0.1) is 6.04 Å². The van der Waals surface area contributed by atoms with Crippen LogP contribution >= 0.6 is 0 Å². The van der Waals surface area contributed by atoms with Crippen LogP contribution in [0.1, 0.15) is 35.8 Å². The molecule has 4 nitrogen and oxygen atoms in total. The van der Waals surface area contributed by atoms with E-state index in [9.17, 15) is 0 Å². The first-order valence-electron chi connectivity index (χ1n) is 6.35. The molecule has 1 aromatic heterocycles. The van der Waals surface area contributed by atoms with Crippen LogP contribution in [0.3, 0.4) is 0 Å². The van der Waals surface area contributed by atoms with Crippen molar-refractivity contribution in [2.24, 2.45) is 0 Å². The molecule has 3 rings (SSSR count). The van der Waals surface area contributed by atoms with Crippen LogP contribution < -0.4 is 0 Å². The Balaban J connectivity index is 1.79. The maximum absolute atomic E-state index is 5.26. The number of hydrogen-bond donors (Lipinski definition) is 0. The normalized spacial score (nSPS) is 17.4. The molecule has 2 aromatic rings. The van der Waals surface area contributed by atoms with Gasteiger partial charge in [0, 0.05) is 13.1 Å². The fraction of sp³-hybridized carbons (Fsp3) is 0.429. The zero-order valence-corrected chi connectivity index (χ0v) is 10.8. The number of benzene rings is 1. The Bertz CT molecular complexity index is 549. The van der Waals surface area contributed by atoms with E-state index in [1.807, 2.05) is 6.92 Å². The summed E-state index contributed by atoms with van der Waals surface area (Å²) in [5.74, 6) is 1.42. The predicted octanol–water partition coefficient (Wildman–Crippen LogP) is 2.50. The zero-order chi connectivity index (χ0) is 12.5. The summed E-state index contributed by atoms with van der Waals surface area (Å²) in [6.07, 6.45) is 1.09. The van der Waals surface area contributed by atoms with Gasteiger partial charge in [-0.05, 0) is 31.4 Å². The Morgan fingerprint density at radius 2 is 2.06 bits per heavy atom. The highest BCUT2D eigenvalue weighted by Gasteiger charge is 2.24. The molecule has 1 aliphatic heterocycles. The third-order valence-electron chi connectivity index (χ3n) is 3.61. The summed E-state index contributed by atoms with van der Waals surface area (Å²) in [7, 11) is 0. The highest BCUT2D eigenvalue weighted by molar-refractivity contribution is 5.29. The van der Waals surface area contributed by atoms with Crippen LogP contribution in [0.5, 0.6) is 0 Å². The van der Waals surface area contributed by atoms with Crippen molar-refractivity contribution in [3.63, 3.8) is 0 Å². The average molecular weight is 243 g/mol. The maximum Gasteiger partial charge on any atom is 0.243 e. The third kappa shape index (κ3) is 2.04. The van der Waals surface area contributed by atoms with E-state index >= 15 is 0 Å². The molecule has 94 valence electrons. The van der Waals surface area contributed by atoms with Gasteiger partial charge in [-0.2, -0.15) is 4.98 Å². The second-order valence-corrected chi connectivity index (χ2v) is 4.84. The van der Waals surface area contributed by atoms with Crippen LogP contribution in [-0.4, -0.2) is 21.6 Å². The molecule has 0 fully saturated rings. The van der Waals surface area contributed by atoms with Crippen molar-refractivity contribution < 1.29 is 4.52 Å². The lowest BCUT2D eigenvalue weighted by molar-refractivity contribution is 0.158. The molecule has 0 amide bonds. The summed E-state index contributed by atoms with van der Waals surface area (Å²) in [5.41, 5.74) is 2.87. The van der Waals surface area contributed by atoms with Gasteiger partial charge >= 0.3 is 0 Å². The summed E-state index contributed by atoms with van der Waals surface area (Å²) >= 11 is 0. The summed E-state index contributed by atoms with van der Waals surface area (Å²) in [5, 5.41) is 3.86. The highest BCUT2D eigenvalue weighted by Crippen LogP contribution is 2.26. The van der Waals surface area contributed by atoms with Crippen LogP contribution in [0.25, 0.3) is 0 Å². The lowest BCUT2D eigenvalue weighted by atomic mass is 9.99. The maximum atomic E-state index is 5.26. The Morgan fingerprint density at radius 1 is 1.28 bits per heavy atom. The first-order chi connectivity index (χ1) is 8.74. The van der Waals surface area contributed by atoms with Gasteiger partial charge in [0.1, 0.15) is 0 Å². The SMILES string of the molecule is Cc1noc(C(C)N2CCc3ccccc3C2)n1. The summed E-state index contributed by atoms with van der Waals surface area (Å²) in [4.78, 5) is 6.71. The standard InChI is InChI=1S/C14H17N3O/c1-10(14-15-11(2)16-18-14)17-8-7-12-5-3-4-6-13(12)9-17/h3-6,10H,7-9H2,1-2H3. The van der Waals surface area contributed by atoms with Gasteiger partial charge in [0.2, 0.25) is 5.89 Å². The van der Waals surface area contributed by atoms with E-state index in [-0.39, 0.29) is 6.04 Å². The van der Waals surface area contributed by atoms with Crippen molar-refractivity contribution in [2.75, 3.05) is 6.54 Å². The number of aromatic nitrogens is 2. The third-order valence-corrected chi connectivity index (χ3v) is 3.61. The minimum absolute atomic E-state index is 0.180. The molecule has 0 radical (unpaired) electrons. The van der Waals surface area contributed by atoms with Crippen LogP contribution in [0, 0.1) is 6.92 Å². The molecular weight excluding hydrogens is 226 g/mol. The molecule has 18 heavy (non-hydrogen) atoms. The van der Waals surface area contributed by atoms with Crippen LogP contribution in [0.2, 0.25) is 0 Å². The van der Waals surface area contributed by atoms with Gasteiger partial charge in [-0.1, -0.05) is 29.4 Å². The highest BCUT2D eigenvalue weighted by atomic mass is 16.5. The lowest BCUT2D eigenvalue weighted by Gasteiger charge is -2.31. The Labute approximate surface area is 107 Å². The first-order valence-corrected chi connectivity index (χ1v) is 6.35. The number of hydrogen-bond acceptors (Lipinski definition) is 4. The second-order valence-electron chi connectivity index (χ2n) is 4.84. The van der Waals surface area contributed by atoms with Gasteiger partial charge in [0.15, 0.2) is 5.82 Å². The molecule has 4 heteroatoms. The number of nitrogens with zero attached hydrogens (tertiary/aromatic N) is 3. The van der Waals surface area contributed by atoms with E-state index < -0.39 is 0 Å². The Hall–Kier alpha value is -1.68. The molecule has 0 spiro atoms. The largest absolute Gasteiger partial charge is 0.338 e. The Kier molecular flexibility index (Phi) is 2.88. The zero-order valence-electron chi connectivity index (χ0n) is 10.8. The van der Waals surface area contributed by atoms with Crippen LogP contribution in [0.4, 0.5) is 0 Å². The summed E-state index contributed by atoms with van der Waals surface area (Å²) < 4.78 is 5.26. The minimum Gasteiger partial charge on any atom is -0.338 e. The van der Waals surface area contributed by atoms with E-state index in [0.29, 0.717) is 11.7 Å². The molecule has 1 atom stereocenters. The lowest BCUT2D eigenvalue weighted by Crippen LogP contribution is -2.33. The van der Waals surface area contributed by atoms with Gasteiger partial charge < -0.3 is 4.52 Å². The molecular formula is C14H17N3O. The average Bonchev–Trinajstić information content (AvgIpc) is 2.84. The molecule has 0 saturated heterocycles. The van der Waals surface area contributed by atoms with Crippen LogP contribution in [0.15, 0.2) is 28.8 Å². The van der Waals surface area contributed by atoms with E-state index in [2.05, 4.69) is 46.2 Å². The molecule has 1 unspecified atom stereocenters. The van der Waals surface area contributed by atoms with Crippen LogP contribution in [-0.2, 0) is 13.0 Å². The fourth-order valence-corrected chi connectivity index (χ4v) is 2.49. The van der Waals surface area contributed by atoms with E-state index in [1.165, 1.54) is 11.1 Å². The summed E-state index contributed by atoms with van der Waals surface area (Å²) in [6.45, 7) is 5.98. The van der Waals surface area contributed by atoms with Gasteiger partial charge in [0.25, 0.3) is 0 Å². The Morgan fingerprint density at radius 3 is 2.78 bits per heavy atom. The molecule has 0 N–H and O–H groups in total. The van der Waals surface area contributed by atoms with E-state index in [1.54, 1.807) is 0 Å². The minimum atomic E-state index is 0.180. The van der Waals surface area contributed by atoms with Crippen molar-refractivity contribution in [3.8, 4) is 0 Å². The topological polar surface area (TPSA) is 42.2 Å². The van der Waals surface area contributed by atoms with Gasteiger partial charge in [-0.25, -0.2) is 0 Å².